The molecule has 0 aliphatic carbocycles. The predicted molar refractivity (Wildman–Crippen MR) is 92.5 cm³/mol. The minimum atomic E-state index is -0.253. The van der Waals surface area contributed by atoms with Crippen molar-refractivity contribution in [3.63, 3.8) is 0 Å². The van der Waals surface area contributed by atoms with E-state index in [1.807, 2.05) is 17.8 Å². The minimum absolute atomic E-state index is 0.253. The fraction of sp³-hybridized carbons (Fsp3) is 0.412. The third kappa shape index (κ3) is 5.91. The van der Waals surface area contributed by atoms with Gasteiger partial charge in [0.1, 0.15) is 11.6 Å². The van der Waals surface area contributed by atoms with Crippen molar-refractivity contribution < 1.29 is 9.13 Å². The number of ether oxygens (including phenoxy) is 1. The molecule has 2 aromatic rings. The molecule has 0 spiro atoms. The molecule has 0 unspecified atom stereocenters. The predicted octanol–water partition coefficient (Wildman–Crippen LogP) is 2.08. The number of rotatable bonds is 8. The summed E-state index contributed by atoms with van der Waals surface area (Å²) in [7, 11) is 3.66. The lowest BCUT2D eigenvalue weighted by molar-refractivity contribution is 0.306. The second kappa shape index (κ2) is 9.54. The third-order valence-electron chi connectivity index (χ3n) is 3.53. The highest BCUT2D eigenvalue weighted by molar-refractivity contribution is 5.79. The summed E-state index contributed by atoms with van der Waals surface area (Å²) in [5, 5.41) is 10.6. The quantitative estimate of drug-likeness (QED) is 0.441. The normalized spacial score (nSPS) is 11.4. The number of unbranched alkanes of at least 4 members (excludes halogenated alkanes) is 1. The topological polar surface area (TPSA) is 63.5 Å². The maximum atomic E-state index is 12.8. The van der Waals surface area contributed by atoms with Gasteiger partial charge in [-0.25, -0.2) is 4.39 Å². The number of nitrogens with one attached hydrogen (secondary N) is 2. The lowest BCUT2D eigenvalue weighted by Gasteiger charge is -2.12. The van der Waals surface area contributed by atoms with Crippen LogP contribution >= 0.6 is 0 Å². The first-order chi connectivity index (χ1) is 11.7. The molecule has 0 aliphatic rings. The van der Waals surface area contributed by atoms with E-state index in [0.717, 1.165) is 31.0 Å². The number of hydrogen-bond donors (Lipinski definition) is 2. The highest BCUT2D eigenvalue weighted by atomic mass is 19.1. The minimum Gasteiger partial charge on any atom is -0.494 e. The molecular formula is C17H24FN5O. The van der Waals surface area contributed by atoms with E-state index in [2.05, 4.69) is 20.7 Å². The summed E-state index contributed by atoms with van der Waals surface area (Å²) in [5.74, 6) is 1.20. The van der Waals surface area contributed by atoms with Crippen LogP contribution in [0.1, 0.15) is 18.5 Å². The van der Waals surface area contributed by atoms with Crippen LogP contribution in [0.3, 0.4) is 0 Å². The first-order valence-corrected chi connectivity index (χ1v) is 7.99. The number of aryl methyl sites for hydroxylation is 1. The molecule has 1 aromatic carbocycles. The number of nitrogens with zero attached hydrogens (tertiary/aromatic N) is 3. The Hall–Kier alpha value is -2.57. The Labute approximate surface area is 141 Å². The van der Waals surface area contributed by atoms with Crippen molar-refractivity contribution in [1.29, 1.82) is 0 Å². The van der Waals surface area contributed by atoms with E-state index in [0.29, 0.717) is 18.9 Å². The van der Waals surface area contributed by atoms with Gasteiger partial charge in [0.05, 0.1) is 18.8 Å². The zero-order chi connectivity index (χ0) is 17.2. The summed E-state index contributed by atoms with van der Waals surface area (Å²) in [6, 6.07) is 8.03. The second-order valence-corrected chi connectivity index (χ2v) is 5.31. The van der Waals surface area contributed by atoms with Crippen molar-refractivity contribution >= 4 is 5.96 Å². The van der Waals surface area contributed by atoms with Crippen molar-refractivity contribution in [3.8, 4) is 5.75 Å². The average molecular weight is 333 g/mol. The van der Waals surface area contributed by atoms with Gasteiger partial charge in [0, 0.05) is 26.8 Å². The zero-order valence-corrected chi connectivity index (χ0v) is 14.1. The molecule has 0 bridgehead atoms. The number of halogens is 1. The van der Waals surface area contributed by atoms with Crippen molar-refractivity contribution in [3.05, 3.63) is 48.0 Å². The van der Waals surface area contributed by atoms with Gasteiger partial charge in [-0.05, 0) is 43.2 Å². The van der Waals surface area contributed by atoms with Crippen LogP contribution in [0.15, 0.2) is 41.5 Å². The van der Waals surface area contributed by atoms with Gasteiger partial charge < -0.3 is 15.4 Å². The fourth-order valence-corrected chi connectivity index (χ4v) is 2.12. The molecule has 0 atom stereocenters. The summed E-state index contributed by atoms with van der Waals surface area (Å²) in [6.07, 6.45) is 3.63. The molecule has 0 radical (unpaired) electrons. The molecule has 7 heteroatoms. The Morgan fingerprint density at radius 3 is 2.67 bits per heavy atom. The van der Waals surface area contributed by atoms with Crippen LogP contribution < -0.4 is 15.4 Å². The van der Waals surface area contributed by atoms with E-state index < -0.39 is 0 Å². The molecule has 2 N–H and O–H groups in total. The summed E-state index contributed by atoms with van der Waals surface area (Å²) in [5.41, 5.74) is 1.09. The molecular weight excluding hydrogens is 309 g/mol. The van der Waals surface area contributed by atoms with E-state index in [9.17, 15) is 4.39 Å². The van der Waals surface area contributed by atoms with Crippen molar-refractivity contribution in [2.24, 2.45) is 12.0 Å². The van der Waals surface area contributed by atoms with Gasteiger partial charge in [-0.2, -0.15) is 5.10 Å². The van der Waals surface area contributed by atoms with Gasteiger partial charge in [-0.1, -0.05) is 0 Å². The maximum absolute atomic E-state index is 12.8. The molecule has 0 aliphatic heterocycles. The van der Waals surface area contributed by atoms with Crippen molar-refractivity contribution in [2.45, 2.75) is 19.4 Å². The molecule has 0 saturated heterocycles. The molecule has 6 nitrogen and oxygen atoms in total. The molecule has 0 saturated carbocycles. The highest BCUT2D eigenvalue weighted by Crippen LogP contribution is 2.11. The SMILES string of the molecule is CN=C(NCCCCOc1ccc(F)cc1)NCc1ccnn1C. The van der Waals surface area contributed by atoms with Crippen molar-refractivity contribution in [2.75, 3.05) is 20.2 Å². The monoisotopic (exact) mass is 333 g/mol. The fourth-order valence-electron chi connectivity index (χ4n) is 2.12. The number of aliphatic imine (C=N–C) groups is 1. The van der Waals surface area contributed by atoms with Crippen LogP contribution in [0.4, 0.5) is 4.39 Å². The lowest BCUT2D eigenvalue weighted by Crippen LogP contribution is -2.37. The van der Waals surface area contributed by atoms with Crippen LogP contribution in [-0.4, -0.2) is 35.9 Å². The van der Waals surface area contributed by atoms with Crippen LogP contribution in [0, 0.1) is 5.82 Å². The van der Waals surface area contributed by atoms with Gasteiger partial charge in [0.25, 0.3) is 0 Å². The smallest absolute Gasteiger partial charge is 0.191 e. The number of guanidine groups is 1. The Morgan fingerprint density at radius 2 is 2.00 bits per heavy atom. The van der Waals surface area contributed by atoms with E-state index in [4.69, 9.17) is 4.74 Å². The first-order valence-electron chi connectivity index (χ1n) is 7.99. The summed E-state index contributed by atoms with van der Waals surface area (Å²) in [6.45, 7) is 2.08. The summed E-state index contributed by atoms with van der Waals surface area (Å²) in [4.78, 5) is 4.19. The summed E-state index contributed by atoms with van der Waals surface area (Å²) < 4.78 is 20.2. The molecule has 1 aromatic heterocycles. The highest BCUT2D eigenvalue weighted by Gasteiger charge is 2.01. The number of aromatic nitrogens is 2. The van der Waals surface area contributed by atoms with Crippen LogP contribution in [0.25, 0.3) is 0 Å². The van der Waals surface area contributed by atoms with Gasteiger partial charge in [0.2, 0.25) is 0 Å². The Bertz CT molecular complexity index is 639. The van der Waals surface area contributed by atoms with E-state index >= 15 is 0 Å². The first kappa shape index (κ1) is 17.8. The zero-order valence-electron chi connectivity index (χ0n) is 14.1. The van der Waals surface area contributed by atoms with Gasteiger partial charge >= 0.3 is 0 Å². The number of hydrogen-bond acceptors (Lipinski definition) is 3. The van der Waals surface area contributed by atoms with E-state index in [-0.39, 0.29) is 5.82 Å². The van der Waals surface area contributed by atoms with E-state index in [1.165, 1.54) is 12.1 Å². The largest absolute Gasteiger partial charge is 0.494 e. The van der Waals surface area contributed by atoms with Crippen molar-refractivity contribution in [1.82, 2.24) is 20.4 Å². The van der Waals surface area contributed by atoms with Crippen LogP contribution in [0.5, 0.6) is 5.75 Å². The van der Waals surface area contributed by atoms with Gasteiger partial charge in [-0.3, -0.25) is 9.67 Å². The molecule has 1 heterocycles. The molecule has 2 rings (SSSR count). The number of benzene rings is 1. The summed E-state index contributed by atoms with van der Waals surface area (Å²) >= 11 is 0. The van der Waals surface area contributed by atoms with E-state index in [1.54, 1.807) is 25.4 Å². The van der Waals surface area contributed by atoms with Crippen LogP contribution in [-0.2, 0) is 13.6 Å². The Morgan fingerprint density at radius 1 is 1.21 bits per heavy atom. The Balaban J connectivity index is 1.57. The third-order valence-corrected chi connectivity index (χ3v) is 3.53. The second-order valence-electron chi connectivity index (χ2n) is 5.31. The van der Waals surface area contributed by atoms with Gasteiger partial charge in [0.15, 0.2) is 5.96 Å². The molecule has 130 valence electrons. The molecule has 0 amide bonds. The maximum Gasteiger partial charge on any atom is 0.191 e. The lowest BCUT2D eigenvalue weighted by atomic mass is 10.3. The van der Waals surface area contributed by atoms with Gasteiger partial charge in [-0.15, -0.1) is 0 Å². The Kier molecular flexibility index (Phi) is 7.07. The molecule has 0 fully saturated rings. The van der Waals surface area contributed by atoms with Crippen LogP contribution in [0.2, 0.25) is 0 Å². The molecule has 24 heavy (non-hydrogen) atoms. The average Bonchev–Trinajstić information content (AvgIpc) is 3.00. The standard InChI is InChI=1S/C17H24FN5O/c1-19-17(21-13-15-9-11-22-23(15)2)20-10-3-4-12-24-16-7-5-14(18)6-8-16/h5-9,11H,3-4,10,12-13H2,1-2H3,(H2,19,20,21).